The van der Waals surface area contributed by atoms with Gasteiger partial charge in [0.15, 0.2) is 0 Å². The lowest BCUT2D eigenvalue weighted by molar-refractivity contribution is 0.120. The van der Waals surface area contributed by atoms with Gasteiger partial charge in [0, 0.05) is 45.0 Å². The molecule has 0 atom stereocenters. The van der Waals surface area contributed by atoms with Crippen LogP contribution in [0.1, 0.15) is 25.0 Å². The van der Waals surface area contributed by atoms with E-state index in [9.17, 15) is 0 Å². The van der Waals surface area contributed by atoms with Gasteiger partial charge in [0.1, 0.15) is 0 Å². The molecule has 3 rings (SSSR count). The van der Waals surface area contributed by atoms with Crippen LogP contribution in [0, 0.1) is 0 Å². The van der Waals surface area contributed by atoms with E-state index in [1.165, 1.54) is 19.3 Å². The molecular formula is C13H21N5. The van der Waals surface area contributed by atoms with Crippen LogP contribution in [-0.4, -0.2) is 47.1 Å². The van der Waals surface area contributed by atoms with E-state index in [0.717, 1.165) is 43.9 Å². The first-order valence-corrected chi connectivity index (χ1v) is 6.88. The van der Waals surface area contributed by atoms with Crippen LogP contribution < -0.4 is 10.6 Å². The average Bonchev–Trinajstić information content (AvgIpc) is 2.38. The minimum Gasteiger partial charge on any atom is -0.338 e. The monoisotopic (exact) mass is 247 g/mol. The third-order valence-corrected chi connectivity index (χ3v) is 4.10. The van der Waals surface area contributed by atoms with E-state index in [-0.39, 0.29) is 0 Å². The molecule has 0 unspecified atom stereocenters. The maximum absolute atomic E-state index is 5.62. The lowest BCUT2D eigenvalue weighted by Gasteiger charge is -2.42. The summed E-state index contributed by atoms with van der Waals surface area (Å²) in [6.07, 6.45) is 5.99. The highest BCUT2D eigenvalue weighted by Gasteiger charge is 2.28. The molecule has 1 aromatic rings. The van der Waals surface area contributed by atoms with E-state index in [4.69, 9.17) is 5.73 Å². The van der Waals surface area contributed by atoms with E-state index in [1.807, 2.05) is 12.3 Å². The smallest absolute Gasteiger partial charge is 0.225 e. The minimum atomic E-state index is 0.484. The Morgan fingerprint density at radius 2 is 2.00 bits per heavy atom. The van der Waals surface area contributed by atoms with Gasteiger partial charge in [-0.25, -0.2) is 9.97 Å². The molecule has 1 aliphatic carbocycles. The number of piperazine rings is 1. The molecular weight excluding hydrogens is 226 g/mol. The van der Waals surface area contributed by atoms with Crippen molar-refractivity contribution >= 4 is 5.95 Å². The topological polar surface area (TPSA) is 58.3 Å². The molecule has 5 heteroatoms. The fraction of sp³-hybridized carbons (Fsp3) is 0.692. The van der Waals surface area contributed by atoms with Crippen LogP contribution in [0.2, 0.25) is 0 Å². The van der Waals surface area contributed by atoms with Crippen LogP contribution in [0.5, 0.6) is 0 Å². The van der Waals surface area contributed by atoms with Crippen molar-refractivity contribution in [3.05, 3.63) is 18.0 Å². The van der Waals surface area contributed by atoms with Gasteiger partial charge in [-0.15, -0.1) is 0 Å². The van der Waals surface area contributed by atoms with Crippen molar-refractivity contribution in [2.75, 3.05) is 31.1 Å². The number of anilines is 1. The molecule has 0 spiro atoms. The zero-order valence-corrected chi connectivity index (χ0v) is 10.8. The minimum absolute atomic E-state index is 0.484. The zero-order valence-electron chi connectivity index (χ0n) is 10.8. The summed E-state index contributed by atoms with van der Waals surface area (Å²) in [5.74, 6) is 0.839. The van der Waals surface area contributed by atoms with E-state index in [1.54, 1.807) is 0 Å². The molecule has 98 valence electrons. The number of rotatable bonds is 3. The van der Waals surface area contributed by atoms with Crippen molar-refractivity contribution in [1.82, 2.24) is 14.9 Å². The van der Waals surface area contributed by atoms with Crippen molar-refractivity contribution in [2.45, 2.75) is 31.8 Å². The highest BCUT2D eigenvalue weighted by molar-refractivity contribution is 5.31. The first-order chi connectivity index (χ1) is 8.86. The van der Waals surface area contributed by atoms with Gasteiger partial charge in [0.2, 0.25) is 5.95 Å². The van der Waals surface area contributed by atoms with Gasteiger partial charge in [-0.2, -0.15) is 0 Å². The van der Waals surface area contributed by atoms with Gasteiger partial charge in [0.25, 0.3) is 0 Å². The second-order valence-corrected chi connectivity index (χ2v) is 5.16. The van der Waals surface area contributed by atoms with Gasteiger partial charge in [-0.05, 0) is 18.9 Å². The third kappa shape index (κ3) is 2.33. The largest absolute Gasteiger partial charge is 0.338 e. The number of aromatic nitrogens is 2. The Kier molecular flexibility index (Phi) is 3.43. The SMILES string of the molecule is NCc1ccnc(N2CCN(C3CCC3)CC2)n1. The third-order valence-electron chi connectivity index (χ3n) is 4.10. The second-order valence-electron chi connectivity index (χ2n) is 5.16. The van der Waals surface area contributed by atoms with Crippen LogP contribution in [0.25, 0.3) is 0 Å². The molecule has 2 aliphatic rings. The fourth-order valence-corrected chi connectivity index (χ4v) is 2.69. The first kappa shape index (κ1) is 11.9. The van der Waals surface area contributed by atoms with E-state index in [0.29, 0.717) is 6.54 Å². The summed E-state index contributed by atoms with van der Waals surface area (Å²) >= 11 is 0. The molecule has 1 aliphatic heterocycles. The first-order valence-electron chi connectivity index (χ1n) is 6.88. The standard InChI is InChI=1S/C13H21N5/c14-10-11-4-5-15-13(16-11)18-8-6-17(7-9-18)12-2-1-3-12/h4-5,12H,1-3,6-10,14H2. The van der Waals surface area contributed by atoms with E-state index >= 15 is 0 Å². The highest BCUT2D eigenvalue weighted by atomic mass is 15.3. The maximum atomic E-state index is 5.62. The van der Waals surface area contributed by atoms with Crippen molar-refractivity contribution in [1.29, 1.82) is 0 Å². The predicted molar refractivity (Wildman–Crippen MR) is 71.3 cm³/mol. The number of hydrogen-bond acceptors (Lipinski definition) is 5. The molecule has 0 bridgehead atoms. The zero-order chi connectivity index (χ0) is 12.4. The summed E-state index contributed by atoms with van der Waals surface area (Å²) in [7, 11) is 0. The van der Waals surface area contributed by atoms with Gasteiger partial charge in [-0.3, -0.25) is 4.90 Å². The van der Waals surface area contributed by atoms with Gasteiger partial charge in [0.05, 0.1) is 5.69 Å². The summed E-state index contributed by atoms with van der Waals surface area (Å²) in [4.78, 5) is 13.7. The van der Waals surface area contributed by atoms with Gasteiger partial charge in [-0.1, -0.05) is 6.42 Å². The molecule has 0 aromatic carbocycles. The summed E-state index contributed by atoms with van der Waals surface area (Å²) in [5.41, 5.74) is 6.54. The van der Waals surface area contributed by atoms with Crippen molar-refractivity contribution in [3.8, 4) is 0 Å². The van der Waals surface area contributed by atoms with Gasteiger partial charge < -0.3 is 10.6 Å². The van der Waals surface area contributed by atoms with Crippen molar-refractivity contribution < 1.29 is 0 Å². The normalized spacial score (nSPS) is 21.9. The van der Waals surface area contributed by atoms with Crippen LogP contribution in [0.4, 0.5) is 5.95 Å². The fourth-order valence-electron chi connectivity index (χ4n) is 2.69. The summed E-state index contributed by atoms with van der Waals surface area (Å²) in [6.45, 7) is 4.83. The lowest BCUT2D eigenvalue weighted by atomic mass is 9.91. The Hall–Kier alpha value is -1.20. The molecule has 1 saturated heterocycles. The predicted octanol–water partition coefficient (Wildman–Crippen LogP) is 0.610. The number of nitrogens with two attached hydrogens (primary N) is 1. The summed E-state index contributed by atoms with van der Waals surface area (Å²) in [6, 6.07) is 2.73. The molecule has 1 saturated carbocycles. The van der Waals surface area contributed by atoms with Crippen LogP contribution in [0.15, 0.2) is 12.3 Å². The Balaban J connectivity index is 1.60. The summed E-state index contributed by atoms with van der Waals surface area (Å²) < 4.78 is 0. The van der Waals surface area contributed by atoms with Crippen molar-refractivity contribution in [3.63, 3.8) is 0 Å². The number of hydrogen-bond donors (Lipinski definition) is 1. The molecule has 2 heterocycles. The Bertz CT molecular complexity index is 396. The van der Waals surface area contributed by atoms with Crippen LogP contribution in [-0.2, 0) is 6.54 Å². The molecule has 2 N–H and O–H groups in total. The molecule has 0 radical (unpaired) electrons. The van der Waals surface area contributed by atoms with Gasteiger partial charge >= 0.3 is 0 Å². The quantitative estimate of drug-likeness (QED) is 0.848. The lowest BCUT2D eigenvalue weighted by Crippen LogP contribution is -2.52. The molecule has 18 heavy (non-hydrogen) atoms. The molecule has 1 aromatic heterocycles. The second kappa shape index (κ2) is 5.20. The average molecular weight is 247 g/mol. The number of nitrogens with zero attached hydrogens (tertiary/aromatic N) is 4. The van der Waals surface area contributed by atoms with Crippen molar-refractivity contribution in [2.24, 2.45) is 5.73 Å². The Morgan fingerprint density at radius 1 is 1.22 bits per heavy atom. The van der Waals surface area contributed by atoms with E-state index in [2.05, 4.69) is 19.8 Å². The molecule has 0 amide bonds. The van der Waals surface area contributed by atoms with Crippen LogP contribution >= 0.6 is 0 Å². The Morgan fingerprint density at radius 3 is 2.61 bits per heavy atom. The highest BCUT2D eigenvalue weighted by Crippen LogP contribution is 2.26. The maximum Gasteiger partial charge on any atom is 0.225 e. The van der Waals surface area contributed by atoms with Crippen LogP contribution in [0.3, 0.4) is 0 Å². The Labute approximate surface area is 108 Å². The summed E-state index contributed by atoms with van der Waals surface area (Å²) in [5, 5.41) is 0. The van der Waals surface area contributed by atoms with E-state index < -0.39 is 0 Å². The molecule has 2 fully saturated rings. The molecule has 5 nitrogen and oxygen atoms in total.